The van der Waals surface area contributed by atoms with Gasteiger partial charge in [-0.3, -0.25) is 4.79 Å². The highest BCUT2D eigenvalue weighted by atomic mass is 16.1. The molecule has 1 N–H and O–H groups in total. The molecule has 0 bridgehead atoms. The number of fused-ring (bicyclic) bond motifs is 1. The van der Waals surface area contributed by atoms with Crippen LogP contribution < -0.4 is 5.32 Å². The predicted molar refractivity (Wildman–Crippen MR) is 92.7 cm³/mol. The van der Waals surface area contributed by atoms with Crippen molar-refractivity contribution in [2.45, 2.75) is 38.1 Å². The van der Waals surface area contributed by atoms with Gasteiger partial charge in [-0.15, -0.1) is 0 Å². The van der Waals surface area contributed by atoms with Gasteiger partial charge in [0.05, 0.1) is 17.4 Å². The van der Waals surface area contributed by atoms with E-state index >= 15 is 0 Å². The normalized spacial score (nSPS) is 16.1. The fourth-order valence-electron chi connectivity index (χ4n) is 3.32. The molecule has 124 valence electrons. The number of benzene rings is 1. The third-order valence-electron chi connectivity index (χ3n) is 4.65. The van der Waals surface area contributed by atoms with Crippen LogP contribution >= 0.6 is 0 Å². The van der Waals surface area contributed by atoms with E-state index in [1.165, 1.54) is 32.1 Å². The number of hydrogen-bond acceptors (Lipinski definition) is 3. The summed E-state index contributed by atoms with van der Waals surface area (Å²) < 4.78 is 2.29. The minimum atomic E-state index is -0.0269. The van der Waals surface area contributed by atoms with Gasteiger partial charge in [0.2, 0.25) is 0 Å². The first kappa shape index (κ1) is 16.0. The van der Waals surface area contributed by atoms with E-state index in [9.17, 15) is 4.79 Å². The zero-order valence-electron chi connectivity index (χ0n) is 14.1. The van der Waals surface area contributed by atoms with Gasteiger partial charge in [0.1, 0.15) is 0 Å². The Balaban J connectivity index is 1.73. The second kappa shape index (κ2) is 7.13. The number of nitrogens with zero attached hydrogens (tertiary/aromatic N) is 3. The molecule has 0 radical (unpaired) electrons. The standard InChI is InChI=1S/C18H26N4O/c1-21(2)11-10-19-18(23)14-8-9-17-16(12-14)20-13-22(17)15-6-4-3-5-7-15/h8-9,12-13,15H,3-7,10-11H2,1-2H3,(H,19,23). The van der Waals surface area contributed by atoms with E-state index in [4.69, 9.17) is 0 Å². The Kier molecular flexibility index (Phi) is 4.96. The molecule has 3 rings (SSSR count). The van der Waals surface area contributed by atoms with Gasteiger partial charge in [-0.2, -0.15) is 0 Å². The van der Waals surface area contributed by atoms with E-state index in [-0.39, 0.29) is 5.91 Å². The van der Waals surface area contributed by atoms with Crippen LogP contribution in [0.2, 0.25) is 0 Å². The van der Waals surface area contributed by atoms with Crippen molar-refractivity contribution in [1.29, 1.82) is 0 Å². The zero-order valence-corrected chi connectivity index (χ0v) is 14.1. The number of carbonyl (C=O) groups is 1. The lowest BCUT2D eigenvalue weighted by atomic mass is 9.95. The Morgan fingerprint density at radius 3 is 2.83 bits per heavy atom. The smallest absolute Gasteiger partial charge is 0.251 e. The Morgan fingerprint density at radius 2 is 2.09 bits per heavy atom. The lowest BCUT2D eigenvalue weighted by Crippen LogP contribution is -2.31. The number of likely N-dealkylation sites (N-methyl/N-ethyl adjacent to an activating group) is 1. The number of nitrogens with one attached hydrogen (secondary N) is 1. The molecular formula is C18H26N4O. The fraction of sp³-hybridized carbons (Fsp3) is 0.556. The number of aromatic nitrogens is 2. The molecule has 0 saturated heterocycles. The first-order valence-electron chi connectivity index (χ1n) is 8.54. The highest BCUT2D eigenvalue weighted by molar-refractivity contribution is 5.97. The molecular weight excluding hydrogens is 288 g/mol. The molecule has 2 aromatic rings. The lowest BCUT2D eigenvalue weighted by Gasteiger charge is -2.23. The third-order valence-corrected chi connectivity index (χ3v) is 4.65. The summed E-state index contributed by atoms with van der Waals surface area (Å²) in [6.07, 6.45) is 8.36. The summed E-state index contributed by atoms with van der Waals surface area (Å²) in [5.41, 5.74) is 2.74. The van der Waals surface area contributed by atoms with E-state index in [1.54, 1.807) is 0 Å². The van der Waals surface area contributed by atoms with Crippen LogP contribution in [0.4, 0.5) is 0 Å². The van der Waals surface area contributed by atoms with Gasteiger partial charge in [0.15, 0.2) is 0 Å². The molecule has 0 atom stereocenters. The molecule has 1 aromatic heterocycles. The first-order chi connectivity index (χ1) is 11.1. The van der Waals surface area contributed by atoms with Crippen LogP contribution in [0.15, 0.2) is 24.5 Å². The van der Waals surface area contributed by atoms with Crippen molar-refractivity contribution in [3.8, 4) is 0 Å². The van der Waals surface area contributed by atoms with Crippen LogP contribution in [0.3, 0.4) is 0 Å². The van der Waals surface area contributed by atoms with E-state index in [0.717, 1.165) is 17.6 Å². The van der Waals surface area contributed by atoms with E-state index < -0.39 is 0 Å². The Labute approximate surface area is 137 Å². The molecule has 1 amide bonds. The summed E-state index contributed by atoms with van der Waals surface area (Å²) in [7, 11) is 3.99. The Hall–Kier alpha value is -1.88. The first-order valence-corrected chi connectivity index (χ1v) is 8.54. The average molecular weight is 314 g/mol. The van der Waals surface area contributed by atoms with Gasteiger partial charge in [-0.25, -0.2) is 4.98 Å². The SMILES string of the molecule is CN(C)CCNC(=O)c1ccc2c(c1)ncn2C1CCCCC1. The van der Waals surface area contributed by atoms with Gasteiger partial charge in [-0.1, -0.05) is 19.3 Å². The molecule has 1 aromatic carbocycles. The number of rotatable bonds is 5. The zero-order chi connectivity index (χ0) is 16.2. The van der Waals surface area contributed by atoms with Crippen LogP contribution in [0.25, 0.3) is 11.0 Å². The van der Waals surface area contributed by atoms with E-state index in [1.807, 2.05) is 38.6 Å². The highest BCUT2D eigenvalue weighted by Gasteiger charge is 2.17. The molecule has 0 aliphatic heterocycles. The van der Waals surface area contributed by atoms with Crippen LogP contribution in [-0.2, 0) is 0 Å². The van der Waals surface area contributed by atoms with Crippen LogP contribution in [-0.4, -0.2) is 47.5 Å². The highest BCUT2D eigenvalue weighted by Crippen LogP contribution is 2.30. The molecule has 1 heterocycles. The molecule has 0 unspecified atom stereocenters. The van der Waals surface area contributed by atoms with Crippen molar-refractivity contribution in [2.24, 2.45) is 0 Å². The van der Waals surface area contributed by atoms with Crippen molar-refractivity contribution in [3.63, 3.8) is 0 Å². The number of hydrogen-bond donors (Lipinski definition) is 1. The van der Waals surface area contributed by atoms with Crippen LogP contribution in [0.1, 0.15) is 48.5 Å². The summed E-state index contributed by atoms with van der Waals surface area (Å²) >= 11 is 0. The molecule has 23 heavy (non-hydrogen) atoms. The van der Waals surface area contributed by atoms with Crippen molar-refractivity contribution >= 4 is 16.9 Å². The fourth-order valence-corrected chi connectivity index (χ4v) is 3.32. The quantitative estimate of drug-likeness (QED) is 0.923. The maximum Gasteiger partial charge on any atom is 0.251 e. The molecule has 0 spiro atoms. The largest absolute Gasteiger partial charge is 0.351 e. The van der Waals surface area contributed by atoms with Crippen molar-refractivity contribution in [2.75, 3.05) is 27.2 Å². The van der Waals surface area contributed by atoms with Crippen molar-refractivity contribution in [1.82, 2.24) is 19.8 Å². The maximum absolute atomic E-state index is 12.2. The van der Waals surface area contributed by atoms with E-state index in [0.29, 0.717) is 18.2 Å². The minimum absolute atomic E-state index is 0.0269. The summed E-state index contributed by atoms with van der Waals surface area (Å²) in [6.45, 7) is 1.49. The van der Waals surface area contributed by atoms with Gasteiger partial charge in [0, 0.05) is 24.7 Å². The molecule has 1 aliphatic carbocycles. The van der Waals surface area contributed by atoms with E-state index in [2.05, 4.69) is 19.8 Å². The Bertz CT molecular complexity index is 671. The van der Waals surface area contributed by atoms with Gasteiger partial charge in [-0.05, 0) is 45.1 Å². The molecule has 5 nitrogen and oxygen atoms in total. The van der Waals surface area contributed by atoms with Gasteiger partial charge in [0.25, 0.3) is 5.91 Å². The number of carbonyl (C=O) groups excluding carboxylic acids is 1. The van der Waals surface area contributed by atoms with Crippen LogP contribution in [0, 0.1) is 0 Å². The van der Waals surface area contributed by atoms with Gasteiger partial charge < -0.3 is 14.8 Å². The van der Waals surface area contributed by atoms with Crippen LogP contribution in [0.5, 0.6) is 0 Å². The summed E-state index contributed by atoms with van der Waals surface area (Å²) in [5.74, 6) is -0.0269. The summed E-state index contributed by atoms with van der Waals surface area (Å²) in [5, 5.41) is 2.95. The average Bonchev–Trinajstić information content (AvgIpc) is 2.98. The van der Waals surface area contributed by atoms with Crippen molar-refractivity contribution < 1.29 is 4.79 Å². The third kappa shape index (κ3) is 3.72. The molecule has 5 heteroatoms. The molecule has 1 fully saturated rings. The lowest BCUT2D eigenvalue weighted by molar-refractivity contribution is 0.0951. The monoisotopic (exact) mass is 314 g/mol. The second-order valence-corrected chi connectivity index (χ2v) is 6.71. The minimum Gasteiger partial charge on any atom is -0.351 e. The predicted octanol–water partition coefficient (Wildman–Crippen LogP) is 2.83. The van der Waals surface area contributed by atoms with Gasteiger partial charge >= 0.3 is 0 Å². The number of imidazole rings is 1. The Morgan fingerprint density at radius 1 is 1.30 bits per heavy atom. The number of amides is 1. The second-order valence-electron chi connectivity index (χ2n) is 6.71. The summed E-state index contributed by atoms with van der Waals surface area (Å²) in [6, 6.07) is 6.42. The molecule has 1 aliphatic rings. The topological polar surface area (TPSA) is 50.2 Å². The van der Waals surface area contributed by atoms with Crippen molar-refractivity contribution in [3.05, 3.63) is 30.1 Å². The molecule has 1 saturated carbocycles. The summed E-state index contributed by atoms with van der Waals surface area (Å²) in [4.78, 5) is 18.8. The maximum atomic E-state index is 12.2.